The number of hydrogen-bond donors (Lipinski definition) is 3. The van der Waals surface area contributed by atoms with Gasteiger partial charge in [0.25, 0.3) is 0 Å². The van der Waals surface area contributed by atoms with Crippen molar-refractivity contribution in [1.82, 2.24) is 0 Å². The number of hydrogen-bond acceptors (Lipinski definition) is 3. The normalized spacial score (nSPS) is 24.7. The molecule has 1 aromatic carbocycles. The number of nitrogens with one attached hydrogen (secondary N) is 1. The molecule has 1 aliphatic carbocycles. The van der Waals surface area contributed by atoms with Gasteiger partial charge in [-0.05, 0) is 49.4 Å². The van der Waals surface area contributed by atoms with Gasteiger partial charge in [0, 0.05) is 17.9 Å². The first-order chi connectivity index (χ1) is 7.13. The highest BCUT2D eigenvalue weighted by Crippen LogP contribution is 2.27. The summed E-state index contributed by atoms with van der Waals surface area (Å²) < 4.78 is 0. The summed E-state index contributed by atoms with van der Waals surface area (Å²) in [6.07, 6.45) is 1.78. The first kappa shape index (κ1) is 10.3. The molecule has 2 rings (SSSR count). The molecule has 15 heavy (non-hydrogen) atoms. The molecular weight excluding hydrogens is 188 g/mol. The first-order valence-corrected chi connectivity index (χ1v) is 5.42. The van der Waals surface area contributed by atoms with Crippen molar-refractivity contribution in [2.75, 3.05) is 17.6 Å². The van der Waals surface area contributed by atoms with Gasteiger partial charge < -0.3 is 16.2 Å². The van der Waals surface area contributed by atoms with Crippen LogP contribution in [0.5, 0.6) is 0 Å². The molecule has 0 unspecified atom stereocenters. The van der Waals surface area contributed by atoms with Crippen LogP contribution in [0.15, 0.2) is 18.2 Å². The van der Waals surface area contributed by atoms with E-state index >= 15 is 0 Å². The zero-order valence-corrected chi connectivity index (χ0v) is 9.03. The number of aryl methyl sites for hydroxylation is 1. The molecule has 1 saturated carbocycles. The molecule has 3 nitrogen and oxygen atoms in total. The zero-order valence-electron chi connectivity index (χ0n) is 9.03. The molecule has 0 aromatic heterocycles. The van der Waals surface area contributed by atoms with E-state index in [0.717, 1.165) is 30.8 Å². The third-order valence-electron chi connectivity index (χ3n) is 2.91. The molecule has 3 heteroatoms. The molecule has 1 aromatic rings. The Bertz CT molecular complexity index is 325. The van der Waals surface area contributed by atoms with Crippen molar-refractivity contribution in [3.8, 4) is 0 Å². The Morgan fingerprint density at radius 2 is 2.13 bits per heavy atom. The van der Waals surface area contributed by atoms with Gasteiger partial charge in [-0.25, -0.2) is 0 Å². The van der Waals surface area contributed by atoms with E-state index in [2.05, 4.69) is 11.4 Å². The summed E-state index contributed by atoms with van der Waals surface area (Å²) in [5.41, 5.74) is 8.80. The van der Waals surface area contributed by atoms with E-state index in [1.165, 1.54) is 5.56 Å². The minimum atomic E-state index is -0.0700. The van der Waals surface area contributed by atoms with Crippen molar-refractivity contribution in [2.24, 2.45) is 5.92 Å². The van der Waals surface area contributed by atoms with Crippen LogP contribution in [0.3, 0.4) is 0 Å². The van der Waals surface area contributed by atoms with Crippen molar-refractivity contribution in [3.05, 3.63) is 23.8 Å². The standard InChI is InChI=1S/C12H18N2O/c1-8-2-10(13)6-11(3-8)14-7-9-4-12(15)5-9/h2-3,6,9,12,14-15H,4-5,7,13H2,1H3. The number of rotatable bonds is 3. The Hall–Kier alpha value is -1.22. The summed E-state index contributed by atoms with van der Waals surface area (Å²) in [4.78, 5) is 0. The van der Waals surface area contributed by atoms with E-state index in [9.17, 15) is 0 Å². The molecule has 0 atom stereocenters. The highest BCUT2D eigenvalue weighted by molar-refractivity contribution is 5.56. The van der Waals surface area contributed by atoms with Crippen molar-refractivity contribution < 1.29 is 5.11 Å². The monoisotopic (exact) mass is 206 g/mol. The van der Waals surface area contributed by atoms with Gasteiger partial charge in [-0.15, -0.1) is 0 Å². The molecule has 0 bridgehead atoms. The van der Waals surface area contributed by atoms with E-state index < -0.39 is 0 Å². The fourth-order valence-corrected chi connectivity index (χ4v) is 2.04. The number of anilines is 2. The quantitative estimate of drug-likeness (QED) is 0.660. The predicted molar refractivity (Wildman–Crippen MR) is 62.8 cm³/mol. The maximum Gasteiger partial charge on any atom is 0.0546 e. The molecule has 0 spiro atoms. The average Bonchev–Trinajstić information content (AvgIpc) is 2.09. The fourth-order valence-electron chi connectivity index (χ4n) is 2.04. The maximum absolute atomic E-state index is 9.16. The lowest BCUT2D eigenvalue weighted by Gasteiger charge is -2.31. The number of benzene rings is 1. The summed E-state index contributed by atoms with van der Waals surface area (Å²) in [6, 6.07) is 5.99. The third kappa shape index (κ3) is 2.63. The van der Waals surface area contributed by atoms with Crippen LogP contribution in [-0.2, 0) is 0 Å². The van der Waals surface area contributed by atoms with Gasteiger partial charge in [0.2, 0.25) is 0 Å². The van der Waals surface area contributed by atoms with Crippen molar-refractivity contribution in [2.45, 2.75) is 25.9 Å². The molecule has 0 radical (unpaired) electrons. The van der Waals surface area contributed by atoms with Crippen LogP contribution in [0.1, 0.15) is 18.4 Å². The Labute approximate surface area is 90.3 Å². The minimum absolute atomic E-state index is 0.0700. The van der Waals surface area contributed by atoms with Gasteiger partial charge in [0.1, 0.15) is 0 Å². The van der Waals surface area contributed by atoms with Crippen molar-refractivity contribution in [1.29, 1.82) is 0 Å². The molecule has 1 aliphatic rings. The minimum Gasteiger partial charge on any atom is -0.399 e. The van der Waals surface area contributed by atoms with E-state index in [-0.39, 0.29) is 6.10 Å². The summed E-state index contributed by atoms with van der Waals surface area (Å²) in [6.45, 7) is 2.97. The van der Waals surface area contributed by atoms with Gasteiger partial charge in [-0.3, -0.25) is 0 Å². The molecule has 0 heterocycles. The Morgan fingerprint density at radius 3 is 2.73 bits per heavy atom. The van der Waals surface area contributed by atoms with E-state index in [1.807, 2.05) is 19.1 Å². The summed E-state index contributed by atoms with van der Waals surface area (Å²) >= 11 is 0. The van der Waals surface area contributed by atoms with Crippen molar-refractivity contribution >= 4 is 11.4 Å². The lowest BCUT2D eigenvalue weighted by atomic mass is 9.82. The highest BCUT2D eigenvalue weighted by Gasteiger charge is 2.26. The Morgan fingerprint density at radius 1 is 1.40 bits per heavy atom. The van der Waals surface area contributed by atoms with Gasteiger partial charge in [0.05, 0.1) is 6.10 Å². The fraction of sp³-hybridized carbons (Fsp3) is 0.500. The predicted octanol–water partition coefficient (Wildman–Crippen LogP) is 1.76. The topological polar surface area (TPSA) is 58.3 Å². The van der Waals surface area contributed by atoms with Crippen LogP contribution in [0.25, 0.3) is 0 Å². The number of nitrogens with two attached hydrogens (primary N) is 1. The maximum atomic E-state index is 9.16. The lowest BCUT2D eigenvalue weighted by Crippen LogP contribution is -2.33. The average molecular weight is 206 g/mol. The van der Waals surface area contributed by atoms with Crippen LogP contribution in [0.4, 0.5) is 11.4 Å². The van der Waals surface area contributed by atoms with Crippen LogP contribution in [0.2, 0.25) is 0 Å². The van der Waals surface area contributed by atoms with Gasteiger partial charge >= 0.3 is 0 Å². The Kier molecular flexibility index (Phi) is 2.82. The molecule has 0 aliphatic heterocycles. The molecule has 0 saturated heterocycles. The molecule has 4 N–H and O–H groups in total. The number of aliphatic hydroxyl groups is 1. The summed E-state index contributed by atoms with van der Waals surface area (Å²) in [5.74, 6) is 0.613. The van der Waals surface area contributed by atoms with E-state index in [4.69, 9.17) is 10.8 Å². The third-order valence-corrected chi connectivity index (χ3v) is 2.91. The second-order valence-electron chi connectivity index (χ2n) is 4.50. The smallest absolute Gasteiger partial charge is 0.0546 e. The lowest BCUT2D eigenvalue weighted by molar-refractivity contribution is 0.0487. The Balaban J connectivity index is 1.88. The largest absolute Gasteiger partial charge is 0.399 e. The van der Waals surface area contributed by atoms with Crippen LogP contribution < -0.4 is 11.1 Å². The molecular formula is C12H18N2O. The van der Waals surface area contributed by atoms with E-state index in [1.54, 1.807) is 0 Å². The number of aliphatic hydroxyl groups excluding tert-OH is 1. The highest BCUT2D eigenvalue weighted by atomic mass is 16.3. The second kappa shape index (κ2) is 4.11. The van der Waals surface area contributed by atoms with Crippen LogP contribution in [-0.4, -0.2) is 17.8 Å². The van der Waals surface area contributed by atoms with Gasteiger partial charge in [0.15, 0.2) is 0 Å². The molecule has 0 amide bonds. The van der Waals surface area contributed by atoms with Gasteiger partial charge in [-0.2, -0.15) is 0 Å². The SMILES string of the molecule is Cc1cc(N)cc(NCC2CC(O)C2)c1. The zero-order chi connectivity index (χ0) is 10.8. The van der Waals surface area contributed by atoms with Crippen LogP contribution >= 0.6 is 0 Å². The van der Waals surface area contributed by atoms with Crippen LogP contribution in [0, 0.1) is 12.8 Å². The first-order valence-electron chi connectivity index (χ1n) is 5.42. The van der Waals surface area contributed by atoms with E-state index in [0.29, 0.717) is 5.92 Å². The molecule has 1 fully saturated rings. The van der Waals surface area contributed by atoms with Gasteiger partial charge in [-0.1, -0.05) is 0 Å². The summed E-state index contributed by atoms with van der Waals surface area (Å²) in [7, 11) is 0. The molecule has 82 valence electrons. The van der Waals surface area contributed by atoms with Crippen molar-refractivity contribution in [3.63, 3.8) is 0 Å². The second-order valence-corrected chi connectivity index (χ2v) is 4.50. The summed E-state index contributed by atoms with van der Waals surface area (Å²) in [5, 5.41) is 12.5. The number of nitrogen functional groups attached to an aromatic ring is 1.